The number of hydrogen-bond donors (Lipinski definition) is 1. The second-order valence-electron chi connectivity index (χ2n) is 1.15. The highest BCUT2D eigenvalue weighted by Gasteiger charge is 1.82. The molecule has 0 saturated carbocycles. The highest BCUT2D eigenvalue weighted by Crippen LogP contribution is 2.01. The summed E-state index contributed by atoms with van der Waals surface area (Å²) in [7, 11) is 0. The van der Waals surface area contributed by atoms with Crippen molar-refractivity contribution in [2.45, 2.75) is 0 Å². The summed E-state index contributed by atoms with van der Waals surface area (Å²) in [6, 6.07) is 0. The normalized spacial score (nSPS) is 15.9. The molecule has 0 bridgehead atoms. The van der Waals surface area contributed by atoms with Gasteiger partial charge < -0.3 is 5.32 Å². The monoisotopic (exact) mass is 113 g/mol. The fraction of sp³-hybridized carbons (Fsp3) is 0. The second-order valence-corrected chi connectivity index (χ2v) is 1.59. The van der Waals surface area contributed by atoms with Crippen LogP contribution in [-0.2, 0) is 0 Å². The lowest BCUT2D eigenvalue weighted by Gasteiger charge is -1.91. The van der Waals surface area contributed by atoms with Gasteiger partial charge in [-0.1, -0.05) is 11.6 Å². The van der Waals surface area contributed by atoms with E-state index in [1.807, 2.05) is 0 Å². The van der Waals surface area contributed by atoms with Gasteiger partial charge in [0.1, 0.15) is 0 Å². The molecule has 0 amide bonds. The van der Waals surface area contributed by atoms with E-state index in [9.17, 15) is 0 Å². The number of halogens is 1. The van der Waals surface area contributed by atoms with E-state index in [4.69, 9.17) is 11.6 Å². The Morgan fingerprint density at radius 1 is 1.71 bits per heavy atom. The molecule has 0 aromatic rings. The Morgan fingerprint density at radius 3 is 2.86 bits per heavy atom. The van der Waals surface area contributed by atoms with Crippen LogP contribution in [0.4, 0.5) is 0 Å². The van der Waals surface area contributed by atoms with Crippen molar-refractivity contribution in [3.63, 3.8) is 0 Å². The zero-order valence-electron chi connectivity index (χ0n) is 3.61. The molecule has 0 unspecified atom stereocenters. The highest BCUT2D eigenvalue weighted by molar-refractivity contribution is 6.31. The zero-order valence-corrected chi connectivity index (χ0v) is 4.37. The lowest BCUT2D eigenvalue weighted by atomic mass is 10.5. The summed E-state index contributed by atoms with van der Waals surface area (Å²) in [5.41, 5.74) is 2.77. The summed E-state index contributed by atoms with van der Waals surface area (Å²) in [5, 5.41) is 3.46. The smallest absolute Gasteiger partial charge is 0.0643 e. The minimum absolute atomic E-state index is 0.683. The summed E-state index contributed by atoms with van der Waals surface area (Å²) in [6.45, 7) is 0. The molecule has 1 N–H and O–H groups in total. The van der Waals surface area contributed by atoms with Crippen molar-refractivity contribution < 1.29 is 0 Å². The maximum Gasteiger partial charge on any atom is 0.0643 e. The van der Waals surface area contributed by atoms with Crippen molar-refractivity contribution in [2.24, 2.45) is 0 Å². The molecule has 2 heteroatoms. The van der Waals surface area contributed by atoms with Crippen LogP contribution in [0.3, 0.4) is 0 Å². The third kappa shape index (κ3) is 1.11. The number of rotatable bonds is 0. The molecule has 1 nitrogen and oxygen atoms in total. The van der Waals surface area contributed by atoms with Crippen LogP contribution < -0.4 is 5.32 Å². The first-order valence-corrected chi connectivity index (χ1v) is 2.30. The van der Waals surface area contributed by atoms with Crippen molar-refractivity contribution in [2.75, 3.05) is 0 Å². The molecule has 1 heterocycles. The molecule has 0 spiro atoms. The van der Waals surface area contributed by atoms with Crippen LogP contribution in [-0.4, -0.2) is 0 Å². The van der Waals surface area contributed by atoms with Crippen LogP contribution >= 0.6 is 11.6 Å². The quantitative estimate of drug-likeness (QED) is 0.468. The molecule has 0 saturated heterocycles. The van der Waals surface area contributed by atoms with Crippen LogP contribution in [0, 0.1) is 0 Å². The Morgan fingerprint density at radius 2 is 2.57 bits per heavy atom. The minimum Gasteiger partial charge on any atom is -0.360 e. The van der Waals surface area contributed by atoms with Crippen LogP contribution in [0.25, 0.3) is 0 Å². The SMILES string of the molecule is ClC1=CNC=C=C1. The lowest BCUT2D eigenvalue weighted by molar-refractivity contribution is 1.18. The van der Waals surface area contributed by atoms with Crippen LogP contribution in [0.15, 0.2) is 29.2 Å². The van der Waals surface area contributed by atoms with Gasteiger partial charge in [0.2, 0.25) is 0 Å². The van der Waals surface area contributed by atoms with Crippen LogP contribution in [0.5, 0.6) is 0 Å². The number of hydrogen-bond acceptors (Lipinski definition) is 1. The molecule has 1 rings (SSSR count). The van der Waals surface area contributed by atoms with Crippen molar-refractivity contribution in [3.8, 4) is 0 Å². The minimum atomic E-state index is 0.683. The summed E-state index contributed by atoms with van der Waals surface area (Å²) >= 11 is 5.48. The second kappa shape index (κ2) is 1.87. The summed E-state index contributed by atoms with van der Waals surface area (Å²) < 4.78 is 0. The van der Waals surface area contributed by atoms with E-state index in [0.717, 1.165) is 0 Å². The average Bonchev–Trinajstić information content (AvgIpc) is 1.69. The predicted octanol–water partition coefficient (Wildman–Crippen LogP) is 1.34. The van der Waals surface area contributed by atoms with Gasteiger partial charge in [-0.15, -0.1) is 5.73 Å². The van der Waals surface area contributed by atoms with E-state index in [0.29, 0.717) is 5.03 Å². The Hall–Kier alpha value is -0.650. The van der Waals surface area contributed by atoms with E-state index >= 15 is 0 Å². The maximum atomic E-state index is 5.48. The molecule has 0 aliphatic carbocycles. The van der Waals surface area contributed by atoms with Gasteiger partial charge in [0.25, 0.3) is 0 Å². The van der Waals surface area contributed by atoms with Gasteiger partial charge in [-0.25, -0.2) is 0 Å². The third-order valence-corrected chi connectivity index (χ3v) is 0.827. The van der Waals surface area contributed by atoms with Crippen molar-refractivity contribution in [3.05, 3.63) is 29.2 Å². The van der Waals surface area contributed by atoms with Gasteiger partial charge in [-0.05, 0) is 0 Å². The van der Waals surface area contributed by atoms with Gasteiger partial charge in [0.15, 0.2) is 0 Å². The van der Waals surface area contributed by atoms with Gasteiger partial charge in [0, 0.05) is 18.5 Å². The summed E-state index contributed by atoms with van der Waals surface area (Å²) in [6.07, 6.45) is 5.07. The fourth-order valence-corrected chi connectivity index (χ4v) is 0.458. The summed E-state index contributed by atoms with van der Waals surface area (Å²) in [4.78, 5) is 0. The zero-order chi connectivity index (χ0) is 5.11. The maximum absolute atomic E-state index is 5.48. The molecule has 0 aromatic carbocycles. The molecule has 0 aromatic heterocycles. The standard InChI is InChI=1S/C5H4ClN/c6-5-2-1-3-7-4-5/h2-4,7H. The molecule has 1 aliphatic rings. The van der Waals surface area contributed by atoms with E-state index < -0.39 is 0 Å². The van der Waals surface area contributed by atoms with Crippen molar-refractivity contribution >= 4 is 11.6 Å². The Kier molecular flexibility index (Phi) is 1.21. The number of allylic oxidation sites excluding steroid dienone is 2. The molecule has 36 valence electrons. The lowest BCUT2D eigenvalue weighted by Crippen LogP contribution is -1.93. The van der Waals surface area contributed by atoms with Gasteiger partial charge in [0.05, 0.1) is 5.03 Å². The Labute approximate surface area is 47.0 Å². The van der Waals surface area contributed by atoms with Gasteiger partial charge in [-0.2, -0.15) is 0 Å². The third-order valence-electron chi connectivity index (χ3n) is 0.609. The first kappa shape index (κ1) is 4.51. The molecule has 0 radical (unpaired) electrons. The first-order valence-electron chi connectivity index (χ1n) is 1.92. The van der Waals surface area contributed by atoms with E-state index in [1.165, 1.54) is 0 Å². The molecular weight excluding hydrogens is 110 g/mol. The van der Waals surface area contributed by atoms with Crippen LogP contribution in [0.1, 0.15) is 0 Å². The fourth-order valence-electron chi connectivity index (χ4n) is 0.332. The van der Waals surface area contributed by atoms with Gasteiger partial charge >= 0.3 is 0 Å². The molecule has 7 heavy (non-hydrogen) atoms. The molecule has 0 atom stereocenters. The first-order chi connectivity index (χ1) is 3.39. The molecular formula is C5H4ClN. The van der Waals surface area contributed by atoms with Gasteiger partial charge in [-0.3, -0.25) is 0 Å². The summed E-state index contributed by atoms with van der Waals surface area (Å²) in [5.74, 6) is 0. The highest BCUT2D eigenvalue weighted by atomic mass is 35.5. The van der Waals surface area contributed by atoms with E-state index in [2.05, 4.69) is 11.0 Å². The number of nitrogens with one attached hydrogen (secondary N) is 1. The van der Waals surface area contributed by atoms with E-state index in [1.54, 1.807) is 18.5 Å². The largest absolute Gasteiger partial charge is 0.360 e. The average molecular weight is 114 g/mol. The Balaban J connectivity index is 2.82. The topological polar surface area (TPSA) is 12.0 Å². The predicted molar refractivity (Wildman–Crippen MR) is 29.7 cm³/mol. The van der Waals surface area contributed by atoms with E-state index in [-0.39, 0.29) is 0 Å². The van der Waals surface area contributed by atoms with Crippen molar-refractivity contribution in [1.29, 1.82) is 0 Å². The Bertz CT molecular complexity index is 151. The van der Waals surface area contributed by atoms with Crippen LogP contribution in [0.2, 0.25) is 0 Å². The van der Waals surface area contributed by atoms with Crippen molar-refractivity contribution in [1.82, 2.24) is 5.32 Å². The molecule has 0 fully saturated rings. The molecule has 1 aliphatic heterocycles.